The number of non-ortho nitro benzene ring substituents is 1. The van der Waals surface area contributed by atoms with Gasteiger partial charge in [0.15, 0.2) is 0 Å². The van der Waals surface area contributed by atoms with Crippen LogP contribution in [0.2, 0.25) is 0 Å². The number of sulfonamides is 1. The van der Waals surface area contributed by atoms with E-state index >= 15 is 0 Å². The Balaban J connectivity index is 2.30. The van der Waals surface area contributed by atoms with Crippen LogP contribution in [0, 0.1) is 10.1 Å². The van der Waals surface area contributed by atoms with Gasteiger partial charge in [0.2, 0.25) is 15.9 Å². The van der Waals surface area contributed by atoms with Crippen LogP contribution >= 0.6 is 0 Å². The summed E-state index contributed by atoms with van der Waals surface area (Å²) in [5, 5.41) is 13.8. The SMILES string of the molecule is CCCCc1ccc(NC(=O)C(CC)N(c2cccc([N+](=O)[O-])c2)S(C)(=O)=O)cc1. The van der Waals surface area contributed by atoms with Crippen molar-refractivity contribution in [2.75, 3.05) is 15.9 Å². The molecule has 0 bridgehead atoms. The van der Waals surface area contributed by atoms with Crippen LogP contribution in [0.5, 0.6) is 0 Å². The second kappa shape index (κ2) is 10.2. The molecular formula is C21H27N3O5S. The van der Waals surface area contributed by atoms with Crippen molar-refractivity contribution in [3.63, 3.8) is 0 Å². The fraction of sp³-hybridized carbons (Fsp3) is 0.381. The van der Waals surface area contributed by atoms with Gasteiger partial charge in [0.05, 0.1) is 16.9 Å². The smallest absolute Gasteiger partial charge is 0.271 e. The molecule has 2 rings (SSSR count). The second-order valence-corrected chi connectivity index (χ2v) is 8.91. The molecule has 0 fully saturated rings. The number of carbonyl (C=O) groups is 1. The molecule has 0 saturated heterocycles. The summed E-state index contributed by atoms with van der Waals surface area (Å²) >= 11 is 0. The maximum Gasteiger partial charge on any atom is 0.271 e. The Morgan fingerprint density at radius 3 is 2.37 bits per heavy atom. The lowest BCUT2D eigenvalue weighted by Gasteiger charge is -2.30. The first-order valence-corrected chi connectivity index (χ1v) is 11.7. The number of benzene rings is 2. The van der Waals surface area contributed by atoms with Gasteiger partial charge in [0.25, 0.3) is 5.69 Å². The van der Waals surface area contributed by atoms with Crippen LogP contribution in [0.3, 0.4) is 0 Å². The minimum Gasteiger partial charge on any atom is -0.324 e. The minimum atomic E-state index is -3.88. The summed E-state index contributed by atoms with van der Waals surface area (Å²) in [4.78, 5) is 23.4. The third-order valence-corrected chi connectivity index (χ3v) is 5.85. The molecular weight excluding hydrogens is 406 g/mol. The molecule has 30 heavy (non-hydrogen) atoms. The number of aryl methyl sites for hydroxylation is 1. The molecule has 2 aromatic rings. The van der Waals surface area contributed by atoms with Crippen molar-refractivity contribution in [3.05, 3.63) is 64.2 Å². The van der Waals surface area contributed by atoms with Gasteiger partial charge in [-0.05, 0) is 43.0 Å². The van der Waals surface area contributed by atoms with E-state index in [4.69, 9.17) is 0 Å². The molecule has 0 spiro atoms. The number of anilines is 2. The van der Waals surface area contributed by atoms with Crippen LogP contribution in [0.15, 0.2) is 48.5 Å². The van der Waals surface area contributed by atoms with E-state index in [1.807, 2.05) is 12.1 Å². The summed E-state index contributed by atoms with van der Waals surface area (Å²) < 4.78 is 25.9. The first kappa shape index (κ1) is 23.3. The van der Waals surface area contributed by atoms with Gasteiger partial charge in [0.1, 0.15) is 6.04 Å². The molecule has 9 heteroatoms. The number of hydrogen-bond donors (Lipinski definition) is 1. The van der Waals surface area contributed by atoms with E-state index in [9.17, 15) is 23.3 Å². The van der Waals surface area contributed by atoms with E-state index in [1.54, 1.807) is 19.1 Å². The predicted molar refractivity (Wildman–Crippen MR) is 118 cm³/mol. The number of amides is 1. The van der Waals surface area contributed by atoms with Crippen LogP contribution in [-0.2, 0) is 21.2 Å². The Kier molecular flexibility index (Phi) is 7.93. The molecule has 0 aliphatic heterocycles. The lowest BCUT2D eigenvalue weighted by Crippen LogP contribution is -2.47. The number of nitro benzene ring substituents is 1. The van der Waals surface area contributed by atoms with Crippen molar-refractivity contribution in [2.24, 2.45) is 0 Å². The highest BCUT2D eigenvalue weighted by Crippen LogP contribution is 2.27. The van der Waals surface area contributed by atoms with Crippen molar-refractivity contribution >= 4 is 33.0 Å². The maximum absolute atomic E-state index is 12.9. The normalized spacial score (nSPS) is 12.2. The molecule has 0 saturated carbocycles. The van der Waals surface area contributed by atoms with Crippen LogP contribution in [-0.4, -0.2) is 31.5 Å². The topological polar surface area (TPSA) is 110 Å². The van der Waals surface area contributed by atoms with Gasteiger partial charge >= 0.3 is 0 Å². The molecule has 0 heterocycles. The van der Waals surface area contributed by atoms with Gasteiger partial charge in [-0.1, -0.05) is 38.5 Å². The predicted octanol–water partition coefficient (Wildman–Crippen LogP) is 4.12. The summed E-state index contributed by atoms with van der Waals surface area (Å²) in [7, 11) is -3.88. The Bertz CT molecular complexity index is 990. The zero-order chi connectivity index (χ0) is 22.3. The zero-order valence-corrected chi connectivity index (χ0v) is 18.2. The van der Waals surface area contributed by atoms with Crippen LogP contribution in [0.25, 0.3) is 0 Å². The van der Waals surface area contributed by atoms with Crippen molar-refractivity contribution in [2.45, 2.75) is 45.6 Å². The number of hydrogen-bond acceptors (Lipinski definition) is 5. The van der Waals surface area contributed by atoms with Crippen molar-refractivity contribution in [3.8, 4) is 0 Å². The average Bonchev–Trinajstić information content (AvgIpc) is 2.70. The summed E-state index contributed by atoms with van der Waals surface area (Å²) in [6.07, 6.45) is 4.29. The van der Waals surface area contributed by atoms with Crippen LogP contribution in [0.4, 0.5) is 17.1 Å². The fourth-order valence-corrected chi connectivity index (χ4v) is 4.37. The summed E-state index contributed by atoms with van der Waals surface area (Å²) in [6, 6.07) is 11.6. The Morgan fingerprint density at radius 2 is 1.83 bits per heavy atom. The molecule has 0 aromatic heterocycles. The molecule has 162 valence electrons. The minimum absolute atomic E-state index is 0.0728. The third kappa shape index (κ3) is 6.03. The van der Waals surface area contributed by atoms with Gasteiger partial charge in [0, 0.05) is 17.8 Å². The highest BCUT2D eigenvalue weighted by molar-refractivity contribution is 7.92. The van der Waals surface area contributed by atoms with Crippen LogP contribution < -0.4 is 9.62 Å². The molecule has 0 radical (unpaired) electrons. The third-order valence-electron chi connectivity index (χ3n) is 4.67. The summed E-state index contributed by atoms with van der Waals surface area (Å²) in [5.74, 6) is -0.504. The Morgan fingerprint density at radius 1 is 1.17 bits per heavy atom. The fourth-order valence-electron chi connectivity index (χ4n) is 3.17. The number of unbranched alkanes of at least 4 members (excludes halogenated alkanes) is 1. The largest absolute Gasteiger partial charge is 0.324 e. The van der Waals surface area contributed by atoms with E-state index in [-0.39, 0.29) is 17.8 Å². The van der Waals surface area contributed by atoms with Gasteiger partial charge in [-0.2, -0.15) is 0 Å². The molecule has 0 aliphatic carbocycles. The lowest BCUT2D eigenvalue weighted by molar-refractivity contribution is -0.384. The van der Waals surface area contributed by atoms with E-state index in [2.05, 4.69) is 12.2 Å². The molecule has 2 aromatic carbocycles. The van der Waals surface area contributed by atoms with E-state index < -0.39 is 26.9 Å². The highest BCUT2D eigenvalue weighted by atomic mass is 32.2. The molecule has 0 aliphatic rings. The van der Waals surface area contributed by atoms with Gasteiger partial charge in [-0.15, -0.1) is 0 Å². The summed E-state index contributed by atoms with van der Waals surface area (Å²) in [6.45, 7) is 3.81. The number of nitro groups is 1. The first-order chi connectivity index (χ1) is 14.2. The molecule has 1 unspecified atom stereocenters. The zero-order valence-electron chi connectivity index (χ0n) is 17.4. The van der Waals surface area contributed by atoms with Crippen molar-refractivity contribution in [1.29, 1.82) is 0 Å². The quantitative estimate of drug-likeness (QED) is 0.448. The molecule has 8 nitrogen and oxygen atoms in total. The standard InChI is InChI=1S/C21H27N3O5S/c1-4-6-8-16-11-13-17(14-12-16)22-21(25)20(5-2)23(30(3,28)29)18-9-7-10-19(15-18)24(26)27/h7,9-15,20H,4-6,8H2,1-3H3,(H,22,25). The molecule has 1 N–H and O–H groups in total. The van der Waals surface area contributed by atoms with E-state index in [0.717, 1.165) is 41.5 Å². The first-order valence-electron chi connectivity index (χ1n) is 9.81. The van der Waals surface area contributed by atoms with Gasteiger partial charge in [-0.3, -0.25) is 19.2 Å². The highest BCUT2D eigenvalue weighted by Gasteiger charge is 2.32. The number of nitrogens with zero attached hydrogens (tertiary/aromatic N) is 2. The molecule has 1 amide bonds. The van der Waals surface area contributed by atoms with E-state index in [0.29, 0.717) is 5.69 Å². The van der Waals surface area contributed by atoms with Gasteiger partial charge < -0.3 is 5.32 Å². The van der Waals surface area contributed by atoms with Crippen LogP contribution in [0.1, 0.15) is 38.7 Å². The lowest BCUT2D eigenvalue weighted by atomic mass is 10.1. The maximum atomic E-state index is 12.9. The summed E-state index contributed by atoms with van der Waals surface area (Å²) in [5.41, 5.74) is 1.55. The second-order valence-electron chi connectivity index (χ2n) is 7.05. The average molecular weight is 434 g/mol. The van der Waals surface area contributed by atoms with Crippen molar-refractivity contribution in [1.82, 2.24) is 0 Å². The van der Waals surface area contributed by atoms with Crippen molar-refractivity contribution < 1.29 is 18.1 Å². The van der Waals surface area contributed by atoms with Gasteiger partial charge in [-0.25, -0.2) is 8.42 Å². The number of rotatable bonds is 10. The van der Waals surface area contributed by atoms with E-state index in [1.165, 1.54) is 18.2 Å². The number of nitrogens with one attached hydrogen (secondary N) is 1. The number of carbonyl (C=O) groups excluding carboxylic acids is 1. The molecule has 1 atom stereocenters. The Labute approximate surface area is 177 Å². The Hall–Kier alpha value is -2.94. The monoisotopic (exact) mass is 433 g/mol.